The van der Waals surface area contributed by atoms with Crippen LogP contribution in [0.5, 0.6) is 0 Å². The van der Waals surface area contributed by atoms with Crippen molar-refractivity contribution in [2.75, 3.05) is 45.8 Å². The molecule has 1 amide bonds. The first-order valence-electron chi connectivity index (χ1n) is 10.1. The van der Waals surface area contributed by atoms with Crippen molar-refractivity contribution in [3.8, 4) is 0 Å². The highest BCUT2D eigenvalue weighted by Gasteiger charge is 2.33. The normalized spacial score (nSPS) is 19.8. The minimum Gasteiger partial charge on any atom is -0.348 e. The van der Waals surface area contributed by atoms with Crippen LogP contribution in [0.2, 0.25) is 0 Å². The number of hydrogen-bond acceptors (Lipinski definition) is 5. The number of aryl methyl sites for hydroxylation is 1. The number of para-hydroxylation sites is 2. The smallest absolute Gasteiger partial charge is 0.282 e. The standard InChI is InChI=1S/C19H28N6O3S/c1-22-17-7-3-2-6-16(17)21-18(22)14-20-19(26)15-23-10-12-25(13-11-23)29(27,28)24-8-4-5-9-24/h2-3,6-7H,4-5,8-15H2,1H3,(H,20,26). The van der Waals surface area contributed by atoms with Gasteiger partial charge in [-0.15, -0.1) is 0 Å². The molecule has 4 rings (SSSR count). The monoisotopic (exact) mass is 420 g/mol. The van der Waals surface area contributed by atoms with Gasteiger partial charge in [0.15, 0.2) is 0 Å². The fourth-order valence-corrected chi connectivity index (χ4v) is 5.66. The van der Waals surface area contributed by atoms with Crippen molar-refractivity contribution in [3.05, 3.63) is 30.1 Å². The Bertz CT molecular complexity index is 975. The lowest BCUT2D eigenvalue weighted by atomic mass is 10.3. The third-order valence-electron chi connectivity index (χ3n) is 5.74. The highest BCUT2D eigenvalue weighted by Crippen LogP contribution is 2.18. The van der Waals surface area contributed by atoms with Gasteiger partial charge < -0.3 is 9.88 Å². The summed E-state index contributed by atoms with van der Waals surface area (Å²) >= 11 is 0. The van der Waals surface area contributed by atoms with Gasteiger partial charge in [0.1, 0.15) is 5.82 Å². The summed E-state index contributed by atoms with van der Waals surface area (Å²) in [6, 6.07) is 7.87. The van der Waals surface area contributed by atoms with E-state index >= 15 is 0 Å². The van der Waals surface area contributed by atoms with E-state index in [1.54, 1.807) is 8.61 Å². The number of carbonyl (C=O) groups is 1. The van der Waals surface area contributed by atoms with Gasteiger partial charge >= 0.3 is 0 Å². The van der Waals surface area contributed by atoms with Gasteiger partial charge in [-0.25, -0.2) is 4.98 Å². The van der Waals surface area contributed by atoms with Crippen LogP contribution in [0, 0.1) is 0 Å². The molecule has 1 aromatic carbocycles. The Hall–Kier alpha value is -2.01. The van der Waals surface area contributed by atoms with Crippen molar-refractivity contribution in [1.29, 1.82) is 0 Å². The molecule has 10 heteroatoms. The van der Waals surface area contributed by atoms with Crippen molar-refractivity contribution >= 4 is 27.1 Å². The second kappa shape index (κ2) is 8.39. The molecular weight excluding hydrogens is 392 g/mol. The zero-order valence-corrected chi connectivity index (χ0v) is 17.6. The van der Waals surface area contributed by atoms with E-state index in [0.717, 1.165) is 29.7 Å². The number of nitrogens with zero attached hydrogens (tertiary/aromatic N) is 5. The molecule has 3 heterocycles. The highest BCUT2D eigenvalue weighted by atomic mass is 32.2. The van der Waals surface area contributed by atoms with E-state index in [4.69, 9.17) is 0 Å². The average Bonchev–Trinajstić information content (AvgIpc) is 3.36. The van der Waals surface area contributed by atoms with Crippen molar-refractivity contribution in [1.82, 2.24) is 28.4 Å². The van der Waals surface area contributed by atoms with Crippen molar-refractivity contribution < 1.29 is 13.2 Å². The molecule has 0 unspecified atom stereocenters. The zero-order chi connectivity index (χ0) is 20.4. The molecule has 0 atom stereocenters. The average molecular weight is 421 g/mol. The third-order valence-corrected chi connectivity index (χ3v) is 7.77. The predicted octanol–water partition coefficient (Wildman–Crippen LogP) is 0.148. The Balaban J connectivity index is 1.26. The number of benzene rings is 1. The second-order valence-corrected chi connectivity index (χ2v) is 9.57. The molecule has 2 saturated heterocycles. The lowest BCUT2D eigenvalue weighted by molar-refractivity contribution is -0.122. The van der Waals surface area contributed by atoms with Gasteiger partial charge in [0, 0.05) is 46.3 Å². The Labute approximate surface area is 171 Å². The fourth-order valence-electron chi connectivity index (χ4n) is 3.99. The maximum absolute atomic E-state index is 12.6. The van der Waals surface area contributed by atoms with Crippen LogP contribution in [-0.4, -0.2) is 83.2 Å². The Morgan fingerprint density at radius 2 is 1.69 bits per heavy atom. The van der Waals surface area contributed by atoms with Crippen molar-refractivity contribution in [3.63, 3.8) is 0 Å². The van der Waals surface area contributed by atoms with E-state index in [1.165, 1.54) is 0 Å². The minimum absolute atomic E-state index is 0.0760. The molecule has 1 aromatic heterocycles. The summed E-state index contributed by atoms with van der Waals surface area (Å²) < 4.78 is 30.4. The molecule has 29 heavy (non-hydrogen) atoms. The lowest BCUT2D eigenvalue weighted by Gasteiger charge is -2.35. The van der Waals surface area contributed by atoms with Crippen LogP contribution in [0.25, 0.3) is 11.0 Å². The molecule has 2 fully saturated rings. The van der Waals surface area contributed by atoms with Crippen LogP contribution < -0.4 is 5.32 Å². The molecule has 0 bridgehead atoms. The molecule has 2 aromatic rings. The molecule has 9 nitrogen and oxygen atoms in total. The molecule has 2 aliphatic rings. The summed E-state index contributed by atoms with van der Waals surface area (Å²) in [5.41, 5.74) is 1.95. The minimum atomic E-state index is -3.35. The summed E-state index contributed by atoms with van der Waals surface area (Å²) in [5.74, 6) is 0.731. The lowest BCUT2D eigenvalue weighted by Crippen LogP contribution is -2.54. The van der Waals surface area contributed by atoms with Gasteiger partial charge in [-0.2, -0.15) is 17.0 Å². The quantitative estimate of drug-likeness (QED) is 0.718. The Morgan fingerprint density at radius 1 is 1.03 bits per heavy atom. The topological polar surface area (TPSA) is 90.8 Å². The Morgan fingerprint density at radius 3 is 2.38 bits per heavy atom. The van der Waals surface area contributed by atoms with Crippen molar-refractivity contribution in [2.45, 2.75) is 19.4 Å². The number of piperazine rings is 1. The first-order valence-corrected chi connectivity index (χ1v) is 11.5. The van der Waals surface area contributed by atoms with E-state index in [-0.39, 0.29) is 12.5 Å². The van der Waals surface area contributed by atoms with E-state index < -0.39 is 10.2 Å². The van der Waals surface area contributed by atoms with E-state index in [1.807, 2.05) is 40.8 Å². The van der Waals surface area contributed by atoms with E-state index in [2.05, 4.69) is 10.3 Å². The summed E-state index contributed by atoms with van der Waals surface area (Å²) in [6.07, 6.45) is 1.87. The number of hydrogen-bond donors (Lipinski definition) is 1. The molecule has 0 saturated carbocycles. The predicted molar refractivity (Wildman–Crippen MR) is 110 cm³/mol. The van der Waals surface area contributed by atoms with Crippen LogP contribution >= 0.6 is 0 Å². The first-order chi connectivity index (χ1) is 13.9. The molecule has 158 valence electrons. The molecule has 1 N–H and O–H groups in total. The van der Waals surface area contributed by atoms with Gasteiger partial charge in [-0.05, 0) is 25.0 Å². The first kappa shape index (κ1) is 20.3. The van der Waals surface area contributed by atoms with Gasteiger partial charge in [0.05, 0.1) is 24.1 Å². The Kier molecular flexibility index (Phi) is 5.86. The number of amides is 1. The summed E-state index contributed by atoms with van der Waals surface area (Å²) in [6.45, 7) is 3.85. The molecular formula is C19H28N6O3S. The van der Waals surface area contributed by atoms with Crippen LogP contribution in [0.1, 0.15) is 18.7 Å². The molecule has 0 spiro atoms. The van der Waals surface area contributed by atoms with Crippen LogP contribution in [0.4, 0.5) is 0 Å². The van der Waals surface area contributed by atoms with Crippen LogP contribution in [-0.2, 0) is 28.6 Å². The van der Waals surface area contributed by atoms with Gasteiger partial charge in [0.2, 0.25) is 5.91 Å². The van der Waals surface area contributed by atoms with Gasteiger partial charge in [-0.3, -0.25) is 9.69 Å². The summed E-state index contributed by atoms with van der Waals surface area (Å²) in [7, 11) is -1.41. The van der Waals surface area contributed by atoms with Crippen molar-refractivity contribution in [2.24, 2.45) is 7.05 Å². The number of nitrogens with one attached hydrogen (secondary N) is 1. The second-order valence-electron chi connectivity index (χ2n) is 7.64. The van der Waals surface area contributed by atoms with E-state index in [0.29, 0.717) is 45.8 Å². The molecule has 2 aliphatic heterocycles. The van der Waals surface area contributed by atoms with Crippen LogP contribution in [0.15, 0.2) is 24.3 Å². The fraction of sp³-hybridized carbons (Fsp3) is 0.579. The van der Waals surface area contributed by atoms with Crippen LogP contribution in [0.3, 0.4) is 0 Å². The summed E-state index contributed by atoms with van der Waals surface area (Å²) in [4.78, 5) is 18.9. The SMILES string of the molecule is Cn1c(CNC(=O)CN2CCN(S(=O)(=O)N3CCCC3)CC2)nc2ccccc21. The maximum atomic E-state index is 12.6. The summed E-state index contributed by atoms with van der Waals surface area (Å²) in [5, 5.41) is 2.93. The highest BCUT2D eigenvalue weighted by molar-refractivity contribution is 7.86. The molecule has 0 radical (unpaired) electrons. The zero-order valence-electron chi connectivity index (χ0n) is 16.7. The van der Waals surface area contributed by atoms with E-state index in [9.17, 15) is 13.2 Å². The number of fused-ring (bicyclic) bond motifs is 1. The maximum Gasteiger partial charge on any atom is 0.282 e. The number of imidazole rings is 1. The molecule has 0 aliphatic carbocycles. The largest absolute Gasteiger partial charge is 0.348 e. The number of rotatable bonds is 6. The third kappa shape index (κ3) is 4.30. The number of aromatic nitrogens is 2. The van der Waals surface area contributed by atoms with Gasteiger partial charge in [-0.1, -0.05) is 12.1 Å². The van der Waals surface area contributed by atoms with Gasteiger partial charge in [0.25, 0.3) is 10.2 Å². The number of carbonyl (C=O) groups excluding carboxylic acids is 1.